The number of hydrogen-bond donors (Lipinski definition) is 1. The molecule has 0 aliphatic carbocycles. The Balaban J connectivity index is 1.46. The van der Waals surface area contributed by atoms with E-state index in [1.807, 2.05) is 61.5 Å². The zero-order valence-electron chi connectivity index (χ0n) is 16.3. The van der Waals surface area contributed by atoms with Crippen molar-refractivity contribution in [1.82, 2.24) is 10.2 Å². The van der Waals surface area contributed by atoms with Gasteiger partial charge >= 0.3 is 6.09 Å². The second-order valence-electron chi connectivity index (χ2n) is 7.01. The fourth-order valence-electron chi connectivity index (χ4n) is 3.22. The predicted molar refractivity (Wildman–Crippen MR) is 106 cm³/mol. The lowest BCUT2D eigenvalue weighted by atomic mass is 10.1. The van der Waals surface area contributed by atoms with Crippen molar-refractivity contribution < 1.29 is 19.1 Å². The number of carbonyl (C=O) groups is 2. The highest BCUT2D eigenvalue weighted by atomic mass is 16.6. The Morgan fingerprint density at radius 2 is 1.86 bits per heavy atom. The fourth-order valence-corrected chi connectivity index (χ4v) is 3.22. The Hall–Kier alpha value is -3.02. The maximum absolute atomic E-state index is 12.2. The smallest absolute Gasteiger partial charge is 0.410 e. The van der Waals surface area contributed by atoms with Crippen LogP contribution >= 0.6 is 0 Å². The van der Waals surface area contributed by atoms with E-state index in [9.17, 15) is 9.59 Å². The number of carbonyl (C=O) groups excluding carboxylic acids is 2. The molecule has 2 amide bonds. The molecule has 1 N–H and O–H groups in total. The van der Waals surface area contributed by atoms with E-state index < -0.39 is 0 Å². The molecule has 28 heavy (non-hydrogen) atoms. The molecule has 1 aliphatic rings. The Labute approximate surface area is 165 Å². The molecule has 0 bridgehead atoms. The average Bonchev–Trinajstić information content (AvgIpc) is 3.15. The number of nitrogens with zero attached hydrogens (tertiary/aromatic N) is 1. The summed E-state index contributed by atoms with van der Waals surface area (Å²) in [6.07, 6.45) is 0.405. The second kappa shape index (κ2) is 9.26. The number of ether oxygens (including phenoxy) is 2. The zero-order chi connectivity index (χ0) is 19.9. The molecule has 148 valence electrons. The van der Waals surface area contributed by atoms with Gasteiger partial charge in [-0.15, -0.1) is 0 Å². The zero-order valence-corrected chi connectivity index (χ0v) is 16.3. The van der Waals surface area contributed by atoms with E-state index in [1.165, 1.54) is 6.92 Å². The maximum Gasteiger partial charge on any atom is 0.410 e. The van der Waals surface area contributed by atoms with Gasteiger partial charge in [-0.25, -0.2) is 4.79 Å². The Bertz CT molecular complexity index is 792. The summed E-state index contributed by atoms with van der Waals surface area (Å²) in [6.45, 7) is 4.85. The molecule has 0 spiro atoms. The highest BCUT2D eigenvalue weighted by Gasteiger charge is 2.28. The monoisotopic (exact) mass is 382 g/mol. The third kappa shape index (κ3) is 5.49. The van der Waals surface area contributed by atoms with Crippen LogP contribution in [0.25, 0.3) is 0 Å². The van der Waals surface area contributed by atoms with Gasteiger partial charge in [0, 0.05) is 19.9 Å². The number of amides is 2. The summed E-state index contributed by atoms with van der Waals surface area (Å²) in [7, 11) is 0. The molecule has 1 aliphatic heterocycles. The van der Waals surface area contributed by atoms with Gasteiger partial charge in [-0.2, -0.15) is 0 Å². The number of rotatable bonds is 6. The minimum Gasteiger partial charge on any atom is -0.489 e. The number of nitrogens with one attached hydrogen (secondary N) is 1. The normalized spacial score (nSPS) is 17.1. The minimum absolute atomic E-state index is 0.0482. The summed E-state index contributed by atoms with van der Waals surface area (Å²) in [4.78, 5) is 25.1. The highest BCUT2D eigenvalue weighted by molar-refractivity contribution is 5.73. The lowest BCUT2D eigenvalue weighted by molar-refractivity contribution is -0.119. The van der Waals surface area contributed by atoms with E-state index in [4.69, 9.17) is 9.47 Å². The number of hydrogen-bond acceptors (Lipinski definition) is 4. The lowest BCUT2D eigenvalue weighted by Crippen LogP contribution is -2.31. The molecular weight excluding hydrogens is 356 g/mol. The molecule has 1 fully saturated rings. The van der Waals surface area contributed by atoms with Crippen LogP contribution in [0.15, 0.2) is 54.6 Å². The Morgan fingerprint density at radius 1 is 1.14 bits per heavy atom. The van der Waals surface area contributed by atoms with Crippen molar-refractivity contribution in [2.75, 3.05) is 13.1 Å². The molecule has 6 nitrogen and oxygen atoms in total. The third-order valence-electron chi connectivity index (χ3n) is 4.71. The van der Waals surface area contributed by atoms with Crippen LogP contribution in [-0.2, 0) is 16.1 Å². The molecule has 0 unspecified atom stereocenters. The molecule has 0 saturated carbocycles. The summed E-state index contributed by atoms with van der Waals surface area (Å²) in [5.74, 6) is 0.696. The van der Waals surface area contributed by atoms with Crippen LogP contribution in [0.5, 0.6) is 5.75 Å². The molecule has 2 atom stereocenters. The summed E-state index contributed by atoms with van der Waals surface area (Å²) in [5, 5.41) is 2.86. The molecule has 6 heteroatoms. The highest BCUT2D eigenvalue weighted by Crippen LogP contribution is 2.22. The largest absolute Gasteiger partial charge is 0.489 e. The molecular formula is C22H26N2O4. The van der Waals surface area contributed by atoms with Gasteiger partial charge in [0.2, 0.25) is 5.91 Å². The first-order chi connectivity index (χ1) is 13.5. The van der Waals surface area contributed by atoms with Gasteiger partial charge in [0.25, 0.3) is 0 Å². The summed E-state index contributed by atoms with van der Waals surface area (Å²) in [6, 6.07) is 17.3. The first-order valence-electron chi connectivity index (χ1n) is 9.50. The maximum atomic E-state index is 12.2. The van der Waals surface area contributed by atoms with E-state index in [2.05, 4.69) is 5.32 Å². The van der Waals surface area contributed by atoms with Gasteiger partial charge in [0.15, 0.2) is 0 Å². The van der Waals surface area contributed by atoms with Crippen LogP contribution in [0.4, 0.5) is 4.79 Å². The van der Waals surface area contributed by atoms with Crippen molar-refractivity contribution in [3.63, 3.8) is 0 Å². The minimum atomic E-state index is -0.311. The number of benzene rings is 2. The van der Waals surface area contributed by atoms with Crippen LogP contribution in [0.3, 0.4) is 0 Å². The first kappa shape index (κ1) is 19.7. The molecule has 2 aromatic carbocycles. The van der Waals surface area contributed by atoms with Crippen molar-refractivity contribution >= 4 is 12.0 Å². The summed E-state index contributed by atoms with van der Waals surface area (Å²) >= 11 is 0. The average molecular weight is 382 g/mol. The van der Waals surface area contributed by atoms with Gasteiger partial charge in [0.1, 0.15) is 18.5 Å². The first-order valence-corrected chi connectivity index (χ1v) is 9.50. The SMILES string of the molecule is CC(=O)N[C@H](C)c1ccc(O[C@@H]2CCN(C(=O)OCc3ccccc3)C2)cc1. The topological polar surface area (TPSA) is 67.9 Å². The van der Waals surface area contributed by atoms with Crippen molar-refractivity contribution in [2.24, 2.45) is 0 Å². The van der Waals surface area contributed by atoms with Crippen molar-refractivity contribution in [3.8, 4) is 5.75 Å². The van der Waals surface area contributed by atoms with Gasteiger partial charge < -0.3 is 19.7 Å². The van der Waals surface area contributed by atoms with E-state index in [0.29, 0.717) is 13.1 Å². The van der Waals surface area contributed by atoms with E-state index >= 15 is 0 Å². The van der Waals surface area contributed by atoms with E-state index in [-0.39, 0.29) is 30.8 Å². The van der Waals surface area contributed by atoms with Crippen LogP contribution < -0.4 is 10.1 Å². The van der Waals surface area contributed by atoms with Crippen LogP contribution in [0.1, 0.15) is 37.4 Å². The fraction of sp³-hybridized carbons (Fsp3) is 0.364. The van der Waals surface area contributed by atoms with Gasteiger partial charge in [-0.05, 0) is 30.2 Å². The third-order valence-corrected chi connectivity index (χ3v) is 4.71. The van der Waals surface area contributed by atoms with Crippen molar-refractivity contribution in [3.05, 3.63) is 65.7 Å². The Kier molecular flexibility index (Phi) is 6.53. The van der Waals surface area contributed by atoms with Crippen molar-refractivity contribution in [2.45, 2.75) is 39.0 Å². The molecule has 3 rings (SSSR count). The van der Waals surface area contributed by atoms with Gasteiger partial charge in [-0.3, -0.25) is 4.79 Å². The van der Waals surface area contributed by atoms with Crippen LogP contribution in [0, 0.1) is 0 Å². The van der Waals surface area contributed by atoms with Gasteiger partial charge in [0.05, 0.1) is 12.6 Å². The predicted octanol–water partition coefficient (Wildman–Crippen LogP) is 3.67. The molecule has 0 radical (unpaired) electrons. The summed E-state index contributed by atoms with van der Waals surface area (Å²) < 4.78 is 11.4. The summed E-state index contributed by atoms with van der Waals surface area (Å²) in [5.41, 5.74) is 1.98. The van der Waals surface area contributed by atoms with Crippen LogP contribution in [-0.4, -0.2) is 36.1 Å². The molecule has 2 aromatic rings. The molecule has 1 heterocycles. The van der Waals surface area contributed by atoms with Crippen molar-refractivity contribution in [1.29, 1.82) is 0 Å². The molecule has 1 saturated heterocycles. The van der Waals surface area contributed by atoms with Gasteiger partial charge in [-0.1, -0.05) is 42.5 Å². The quantitative estimate of drug-likeness (QED) is 0.828. The van der Waals surface area contributed by atoms with E-state index in [0.717, 1.165) is 23.3 Å². The van der Waals surface area contributed by atoms with E-state index in [1.54, 1.807) is 4.90 Å². The lowest BCUT2D eigenvalue weighted by Gasteiger charge is -2.18. The number of likely N-dealkylation sites (tertiary alicyclic amines) is 1. The molecule has 0 aromatic heterocycles. The van der Waals surface area contributed by atoms with Crippen LogP contribution in [0.2, 0.25) is 0 Å². The standard InChI is InChI=1S/C22H26N2O4/c1-16(23-17(2)25)19-8-10-20(11-9-19)28-21-12-13-24(14-21)22(26)27-15-18-6-4-3-5-7-18/h3-11,16,21H,12-15H2,1-2H3,(H,23,25)/t16-,21-/m1/s1. The Morgan fingerprint density at radius 3 is 2.54 bits per heavy atom. The second-order valence-corrected chi connectivity index (χ2v) is 7.01.